The molecule has 1 aliphatic heterocycles. The van der Waals surface area contributed by atoms with Gasteiger partial charge in [0.2, 0.25) is 5.91 Å². The lowest BCUT2D eigenvalue weighted by molar-refractivity contribution is -0.139. The van der Waals surface area contributed by atoms with Crippen molar-refractivity contribution in [2.24, 2.45) is 0 Å². The Hall–Kier alpha value is -1.57. The quantitative estimate of drug-likeness (QED) is 0.900. The number of nitrogens with zero attached hydrogens (tertiary/aromatic N) is 3. The minimum absolute atomic E-state index is 0.0248. The molecular weight excluding hydrogens is 297 g/mol. The zero-order valence-corrected chi connectivity index (χ0v) is 12.6. The Labute approximate surface area is 127 Å². The number of hydrogen-bond donors (Lipinski definition) is 1. The predicted octanol–water partition coefficient (Wildman–Crippen LogP) is 1.76. The number of likely N-dealkylation sites (tertiary alicyclic amines) is 1. The second kappa shape index (κ2) is 7.13. The first-order valence-electron chi connectivity index (χ1n) is 7.45. The van der Waals surface area contributed by atoms with Crippen LogP contribution in [0.5, 0.6) is 0 Å². The smallest absolute Gasteiger partial charge is 0.346 e. The number of amides is 1. The van der Waals surface area contributed by atoms with Gasteiger partial charge in [0.05, 0.1) is 12.7 Å². The Balaban J connectivity index is 1.74. The van der Waals surface area contributed by atoms with Crippen LogP contribution in [0.1, 0.15) is 31.2 Å². The first-order valence-corrected chi connectivity index (χ1v) is 7.45. The number of carbonyl (C=O) groups is 1. The van der Waals surface area contributed by atoms with Crippen LogP contribution in [0.2, 0.25) is 0 Å². The Kier molecular flexibility index (Phi) is 5.44. The maximum Gasteiger partial charge on any atom is 0.405 e. The Morgan fingerprint density at radius 1 is 1.41 bits per heavy atom. The highest BCUT2D eigenvalue weighted by atomic mass is 19.4. The normalized spacial score (nSPS) is 17.6. The summed E-state index contributed by atoms with van der Waals surface area (Å²) in [6, 6.07) is 0. The fourth-order valence-corrected chi connectivity index (χ4v) is 2.65. The molecule has 1 aromatic heterocycles. The third kappa shape index (κ3) is 5.01. The number of rotatable bonds is 5. The fraction of sp³-hybridized carbons (Fsp3) is 0.714. The van der Waals surface area contributed by atoms with Crippen molar-refractivity contribution in [2.45, 2.75) is 38.4 Å². The van der Waals surface area contributed by atoms with E-state index in [4.69, 9.17) is 0 Å². The van der Waals surface area contributed by atoms with E-state index in [1.165, 1.54) is 5.56 Å². The summed E-state index contributed by atoms with van der Waals surface area (Å²) in [7, 11) is 0. The van der Waals surface area contributed by atoms with Gasteiger partial charge in [-0.2, -0.15) is 18.3 Å². The zero-order chi connectivity index (χ0) is 16.2. The second-order valence-corrected chi connectivity index (χ2v) is 5.57. The molecule has 22 heavy (non-hydrogen) atoms. The standard InChI is InChI=1S/C14H21F3N4O/c1-2-21-8-12(7-19-21)11-3-5-20(6-4-11)9-13(22)18-10-14(15,16)17/h7-8,11H,2-6,9-10H2,1H3,(H,18,22). The van der Waals surface area contributed by atoms with Gasteiger partial charge in [-0.05, 0) is 44.3 Å². The van der Waals surface area contributed by atoms with E-state index in [-0.39, 0.29) is 6.54 Å². The number of halogens is 3. The topological polar surface area (TPSA) is 50.2 Å². The van der Waals surface area contributed by atoms with Gasteiger partial charge in [-0.25, -0.2) is 0 Å². The van der Waals surface area contributed by atoms with Gasteiger partial charge in [-0.3, -0.25) is 14.4 Å². The van der Waals surface area contributed by atoms with Crippen molar-refractivity contribution >= 4 is 5.91 Å². The summed E-state index contributed by atoms with van der Waals surface area (Å²) in [5.74, 6) is -0.163. The van der Waals surface area contributed by atoms with Crippen LogP contribution in [0.25, 0.3) is 0 Å². The molecular formula is C14H21F3N4O. The monoisotopic (exact) mass is 318 g/mol. The van der Waals surface area contributed by atoms with E-state index in [1.54, 1.807) is 0 Å². The molecule has 2 heterocycles. The molecule has 2 rings (SSSR count). The van der Waals surface area contributed by atoms with E-state index in [9.17, 15) is 18.0 Å². The maximum atomic E-state index is 12.0. The molecule has 0 unspecified atom stereocenters. The number of alkyl halides is 3. The van der Waals surface area contributed by atoms with Gasteiger partial charge in [0.25, 0.3) is 0 Å². The molecule has 1 amide bonds. The zero-order valence-electron chi connectivity index (χ0n) is 12.6. The number of piperidine rings is 1. The third-order valence-electron chi connectivity index (χ3n) is 3.89. The van der Waals surface area contributed by atoms with Crippen LogP contribution in [0.15, 0.2) is 12.4 Å². The molecule has 124 valence electrons. The summed E-state index contributed by atoms with van der Waals surface area (Å²) in [5, 5.41) is 6.16. The molecule has 0 saturated carbocycles. The number of aryl methyl sites for hydroxylation is 1. The van der Waals surface area contributed by atoms with Crippen molar-refractivity contribution in [1.29, 1.82) is 0 Å². The first-order chi connectivity index (χ1) is 10.4. The van der Waals surface area contributed by atoms with Gasteiger partial charge in [0.1, 0.15) is 6.54 Å². The van der Waals surface area contributed by atoms with Crippen molar-refractivity contribution in [3.63, 3.8) is 0 Å². The predicted molar refractivity (Wildman–Crippen MR) is 75.4 cm³/mol. The molecule has 1 fully saturated rings. The van der Waals surface area contributed by atoms with Crippen molar-refractivity contribution in [3.05, 3.63) is 18.0 Å². The molecule has 1 aromatic rings. The van der Waals surface area contributed by atoms with Crippen LogP contribution in [0.4, 0.5) is 13.2 Å². The summed E-state index contributed by atoms with van der Waals surface area (Å²) in [5.41, 5.74) is 1.20. The van der Waals surface area contributed by atoms with E-state index in [1.807, 2.05) is 34.2 Å². The minimum atomic E-state index is -4.36. The van der Waals surface area contributed by atoms with E-state index in [0.29, 0.717) is 19.0 Å². The molecule has 0 aliphatic carbocycles. The fourth-order valence-electron chi connectivity index (χ4n) is 2.65. The van der Waals surface area contributed by atoms with Crippen molar-refractivity contribution in [1.82, 2.24) is 20.0 Å². The third-order valence-corrected chi connectivity index (χ3v) is 3.89. The largest absolute Gasteiger partial charge is 0.405 e. The number of aromatic nitrogens is 2. The minimum Gasteiger partial charge on any atom is -0.346 e. The second-order valence-electron chi connectivity index (χ2n) is 5.57. The molecule has 0 atom stereocenters. The van der Waals surface area contributed by atoms with Gasteiger partial charge in [-0.15, -0.1) is 0 Å². The van der Waals surface area contributed by atoms with Gasteiger partial charge in [0, 0.05) is 12.7 Å². The van der Waals surface area contributed by atoms with E-state index < -0.39 is 18.6 Å². The number of nitrogens with one attached hydrogen (secondary N) is 1. The van der Waals surface area contributed by atoms with Gasteiger partial charge in [0.15, 0.2) is 0 Å². The van der Waals surface area contributed by atoms with E-state index in [0.717, 1.165) is 19.4 Å². The van der Waals surface area contributed by atoms with Crippen LogP contribution in [0.3, 0.4) is 0 Å². The molecule has 1 saturated heterocycles. The molecule has 0 radical (unpaired) electrons. The van der Waals surface area contributed by atoms with Gasteiger partial charge in [-0.1, -0.05) is 0 Å². The van der Waals surface area contributed by atoms with E-state index >= 15 is 0 Å². The Morgan fingerprint density at radius 3 is 2.64 bits per heavy atom. The van der Waals surface area contributed by atoms with Crippen molar-refractivity contribution in [3.8, 4) is 0 Å². The van der Waals surface area contributed by atoms with Crippen LogP contribution in [-0.4, -0.2) is 52.9 Å². The summed E-state index contributed by atoms with van der Waals surface area (Å²) >= 11 is 0. The molecule has 1 aliphatic rings. The maximum absolute atomic E-state index is 12.0. The molecule has 8 heteroatoms. The van der Waals surface area contributed by atoms with Crippen LogP contribution < -0.4 is 5.32 Å². The highest BCUT2D eigenvalue weighted by molar-refractivity contribution is 5.78. The lowest BCUT2D eigenvalue weighted by Gasteiger charge is -2.31. The van der Waals surface area contributed by atoms with Crippen molar-refractivity contribution < 1.29 is 18.0 Å². The highest BCUT2D eigenvalue weighted by Gasteiger charge is 2.28. The lowest BCUT2D eigenvalue weighted by Crippen LogP contribution is -2.43. The SMILES string of the molecule is CCn1cc(C2CCN(CC(=O)NCC(F)(F)F)CC2)cn1. The Morgan fingerprint density at radius 2 is 2.09 bits per heavy atom. The molecule has 5 nitrogen and oxygen atoms in total. The van der Waals surface area contributed by atoms with Gasteiger partial charge >= 0.3 is 6.18 Å². The van der Waals surface area contributed by atoms with Gasteiger partial charge < -0.3 is 5.32 Å². The van der Waals surface area contributed by atoms with Crippen LogP contribution in [0, 0.1) is 0 Å². The summed E-state index contributed by atoms with van der Waals surface area (Å²) in [6.45, 7) is 3.04. The Bertz CT molecular complexity index is 493. The summed E-state index contributed by atoms with van der Waals surface area (Å²) in [4.78, 5) is 13.4. The average Bonchev–Trinajstić information content (AvgIpc) is 2.94. The summed E-state index contributed by atoms with van der Waals surface area (Å²) < 4.78 is 38.0. The highest BCUT2D eigenvalue weighted by Crippen LogP contribution is 2.27. The number of carbonyl (C=O) groups excluding carboxylic acids is 1. The summed E-state index contributed by atoms with van der Waals surface area (Å²) in [6.07, 6.45) is 1.34. The molecule has 1 N–H and O–H groups in total. The lowest BCUT2D eigenvalue weighted by atomic mass is 9.91. The van der Waals surface area contributed by atoms with Crippen LogP contribution >= 0.6 is 0 Å². The molecule has 0 aromatic carbocycles. The average molecular weight is 318 g/mol. The van der Waals surface area contributed by atoms with Crippen LogP contribution in [-0.2, 0) is 11.3 Å². The number of hydrogen-bond acceptors (Lipinski definition) is 3. The van der Waals surface area contributed by atoms with Crippen molar-refractivity contribution in [2.75, 3.05) is 26.2 Å². The van der Waals surface area contributed by atoms with E-state index in [2.05, 4.69) is 5.10 Å². The molecule has 0 bridgehead atoms. The first kappa shape index (κ1) is 16.8. The molecule has 0 spiro atoms.